The summed E-state index contributed by atoms with van der Waals surface area (Å²) < 4.78 is 46.1. The molecule has 1 heterocycles. The summed E-state index contributed by atoms with van der Waals surface area (Å²) in [5.74, 6) is 0.370. The molecule has 1 saturated heterocycles. The molecule has 1 aromatic rings. The topological polar surface area (TPSA) is 30.5 Å². The average molecular weight is 289 g/mol. The Morgan fingerprint density at radius 2 is 1.95 bits per heavy atom. The number of hydrogen-bond donors (Lipinski definition) is 1. The van der Waals surface area contributed by atoms with E-state index in [0.717, 1.165) is 32.4 Å². The third-order valence-corrected chi connectivity index (χ3v) is 3.26. The zero-order valence-corrected chi connectivity index (χ0v) is 11.1. The van der Waals surface area contributed by atoms with Crippen LogP contribution in [-0.2, 0) is 0 Å². The molecule has 1 atom stereocenters. The smallest absolute Gasteiger partial charge is 0.490 e. The molecule has 6 heteroatoms. The summed E-state index contributed by atoms with van der Waals surface area (Å²) in [6.45, 7) is 2.38. The molecule has 0 saturated carbocycles. The molecule has 20 heavy (non-hydrogen) atoms. The first-order chi connectivity index (χ1) is 9.54. The molecule has 112 valence electrons. The van der Waals surface area contributed by atoms with Crippen molar-refractivity contribution in [1.82, 2.24) is 5.32 Å². The van der Waals surface area contributed by atoms with Gasteiger partial charge in [0.05, 0.1) is 6.61 Å². The highest BCUT2D eigenvalue weighted by Crippen LogP contribution is 2.32. The average Bonchev–Trinajstić information content (AvgIpc) is 2.40. The third-order valence-electron chi connectivity index (χ3n) is 3.26. The Labute approximate surface area is 116 Å². The van der Waals surface area contributed by atoms with E-state index in [2.05, 4.69) is 10.1 Å². The molecule has 1 N–H and O–H groups in total. The highest BCUT2D eigenvalue weighted by molar-refractivity contribution is 5.39. The van der Waals surface area contributed by atoms with E-state index >= 15 is 0 Å². The molecule has 0 aliphatic carbocycles. The van der Waals surface area contributed by atoms with Crippen LogP contribution in [0.1, 0.15) is 19.3 Å². The Morgan fingerprint density at radius 1 is 1.20 bits per heavy atom. The Hall–Kier alpha value is -1.43. The van der Waals surface area contributed by atoms with Crippen LogP contribution in [0.5, 0.6) is 11.5 Å². The maximum absolute atomic E-state index is 12.2. The van der Waals surface area contributed by atoms with Crippen molar-refractivity contribution in [1.29, 1.82) is 0 Å². The van der Waals surface area contributed by atoms with Gasteiger partial charge in [0.2, 0.25) is 0 Å². The molecule has 1 unspecified atom stereocenters. The van der Waals surface area contributed by atoms with Crippen LogP contribution >= 0.6 is 0 Å². The largest absolute Gasteiger partial charge is 0.573 e. The van der Waals surface area contributed by atoms with Crippen molar-refractivity contribution in [2.75, 3.05) is 19.7 Å². The van der Waals surface area contributed by atoms with Crippen LogP contribution in [-0.4, -0.2) is 26.1 Å². The minimum absolute atomic E-state index is 0.133. The van der Waals surface area contributed by atoms with Gasteiger partial charge in [-0.25, -0.2) is 0 Å². The maximum atomic E-state index is 12.2. The Morgan fingerprint density at radius 3 is 2.60 bits per heavy atom. The van der Waals surface area contributed by atoms with Gasteiger partial charge in [0, 0.05) is 0 Å². The number of piperidine rings is 1. The molecule has 1 fully saturated rings. The second-order valence-corrected chi connectivity index (χ2v) is 4.84. The van der Waals surface area contributed by atoms with Crippen molar-refractivity contribution in [3.05, 3.63) is 24.3 Å². The first kappa shape index (κ1) is 15.0. The van der Waals surface area contributed by atoms with Gasteiger partial charge in [-0.2, -0.15) is 0 Å². The van der Waals surface area contributed by atoms with Gasteiger partial charge >= 0.3 is 6.36 Å². The predicted molar refractivity (Wildman–Crippen MR) is 68.8 cm³/mol. The predicted octanol–water partition coefficient (Wildman–Crippen LogP) is 3.35. The monoisotopic (exact) mass is 289 g/mol. The fraction of sp³-hybridized carbons (Fsp3) is 0.571. The van der Waals surface area contributed by atoms with Gasteiger partial charge in [-0.15, -0.1) is 13.2 Å². The van der Waals surface area contributed by atoms with Gasteiger partial charge in [0.15, 0.2) is 11.5 Å². The quantitative estimate of drug-likeness (QED) is 0.901. The second-order valence-electron chi connectivity index (χ2n) is 4.84. The zero-order valence-electron chi connectivity index (χ0n) is 11.1. The summed E-state index contributed by atoms with van der Waals surface area (Å²) in [4.78, 5) is 0. The van der Waals surface area contributed by atoms with Crippen LogP contribution in [0.3, 0.4) is 0 Å². The lowest BCUT2D eigenvalue weighted by molar-refractivity contribution is -0.275. The van der Waals surface area contributed by atoms with Gasteiger partial charge in [-0.05, 0) is 50.4 Å². The lowest BCUT2D eigenvalue weighted by Gasteiger charge is -2.22. The van der Waals surface area contributed by atoms with Gasteiger partial charge < -0.3 is 14.8 Å². The normalized spacial score (nSPS) is 19.6. The van der Waals surface area contributed by atoms with Gasteiger partial charge in [-0.1, -0.05) is 12.1 Å². The lowest BCUT2D eigenvalue weighted by Crippen LogP contribution is -2.30. The van der Waals surface area contributed by atoms with E-state index in [9.17, 15) is 13.2 Å². The van der Waals surface area contributed by atoms with E-state index in [-0.39, 0.29) is 11.5 Å². The van der Waals surface area contributed by atoms with Crippen molar-refractivity contribution in [3.63, 3.8) is 0 Å². The summed E-state index contributed by atoms with van der Waals surface area (Å²) in [5, 5.41) is 3.30. The minimum atomic E-state index is -4.70. The first-order valence-electron chi connectivity index (χ1n) is 6.73. The van der Waals surface area contributed by atoms with Crippen molar-refractivity contribution in [3.8, 4) is 11.5 Å². The van der Waals surface area contributed by atoms with Crippen molar-refractivity contribution in [2.45, 2.75) is 25.6 Å². The molecule has 1 aromatic carbocycles. The SMILES string of the molecule is FC(F)(F)Oc1ccccc1OCCC1CCCNC1. The number of ether oxygens (including phenoxy) is 2. The third kappa shape index (κ3) is 4.92. The van der Waals surface area contributed by atoms with Crippen LogP contribution in [0.25, 0.3) is 0 Å². The van der Waals surface area contributed by atoms with Crippen LogP contribution in [0.2, 0.25) is 0 Å². The molecule has 0 aromatic heterocycles. The summed E-state index contributed by atoms with van der Waals surface area (Å²) in [6.07, 6.45) is -1.60. The number of nitrogens with one attached hydrogen (secondary N) is 1. The molecule has 1 aliphatic rings. The highest BCUT2D eigenvalue weighted by Gasteiger charge is 2.32. The van der Waals surface area contributed by atoms with E-state index in [1.165, 1.54) is 18.2 Å². The molecule has 3 nitrogen and oxygen atoms in total. The van der Waals surface area contributed by atoms with Crippen molar-refractivity contribution < 1.29 is 22.6 Å². The van der Waals surface area contributed by atoms with Gasteiger partial charge in [0.25, 0.3) is 0 Å². The molecule has 0 spiro atoms. The lowest BCUT2D eigenvalue weighted by atomic mass is 9.97. The molecule has 0 radical (unpaired) electrons. The second kappa shape index (κ2) is 6.83. The fourth-order valence-electron chi connectivity index (χ4n) is 2.28. The Bertz CT molecular complexity index is 417. The minimum Gasteiger partial charge on any atom is -0.490 e. The van der Waals surface area contributed by atoms with Gasteiger partial charge in [0.1, 0.15) is 0 Å². The van der Waals surface area contributed by atoms with Crippen LogP contribution < -0.4 is 14.8 Å². The van der Waals surface area contributed by atoms with Crippen molar-refractivity contribution >= 4 is 0 Å². The molecule has 0 amide bonds. The summed E-state index contributed by atoms with van der Waals surface area (Å²) >= 11 is 0. The number of rotatable bonds is 5. The maximum Gasteiger partial charge on any atom is 0.573 e. The number of hydrogen-bond acceptors (Lipinski definition) is 3. The Balaban J connectivity index is 1.85. The van der Waals surface area contributed by atoms with E-state index < -0.39 is 6.36 Å². The molecule has 0 bridgehead atoms. The number of halogens is 3. The molecular weight excluding hydrogens is 271 g/mol. The molecular formula is C14H18F3NO2. The van der Waals surface area contributed by atoms with Crippen LogP contribution in [0.15, 0.2) is 24.3 Å². The summed E-state index contributed by atoms with van der Waals surface area (Å²) in [6, 6.07) is 5.85. The molecule has 2 rings (SSSR count). The first-order valence-corrected chi connectivity index (χ1v) is 6.73. The van der Waals surface area contributed by atoms with Crippen LogP contribution in [0.4, 0.5) is 13.2 Å². The van der Waals surface area contributed by atoms with Crippen LogP contribution in [0, 0.1) is 5.92 Å². The van der Waals surface area contributed by atoms with E-state index in [0.29, 0.717) is 12.5 Å². The zero-order chi connectivity index (χ0) is 14.4. The van der Waals surface area contributed by atoms with Gasteiger partial charge in [-0.3, -0.25) is 0 Å². The number of alkyl halides is 3. The fourth-order valence-corrected chi connectivity index (χ4v) is 2.28. The highest BCUT2D eigenvalue weighted by atomic mass is 19.4. The standard InChI is InChI=1S/C14H18F3NO2/c15-14(16,17)20-13-6-2-1-5-12(13)19-9-7-11-4-3-8-18-10-11/h1-2,5-6,11,18H,3-4,7-10H2. The van der Waals surface area contributed by atoms with E-state index in [4.69, 9.17) is 4.74 Å². The number of benzene rings is 1. The molecule has 1 aliphatic heterocycles. The van der Waals surface area contributed by atoms with E-state index in [1.54, 1.807) is 6.07 Å². The van der Waals surface area contributed by atoms with E-state index in [1.807, 2.05) is 0 Å². The van der Waals surface area contributed by atoms with Crippen molar-refractivity contribution in [2.24, 2.45) is 5.92 Å². The number of para-hydroxylation sites is 2. The summed E-state index contributed by atoms with van der Waals surface area (Å²) in [5.41, 5.74) is 0. The summed E-state index contributed by atoms with van der Waals surface area (Å²) in [7, 11) is 0. The Kier molecular flexibility index (Phi) is 5.11.